The Morgan fingerprint density at radius 1 is 1.60 bits per heavy atom. The minimum atomic E-state index is 0.806. The molecule has 0 heterocycles. The van der Waals surface area contributed by atoms with Gasteiger partial charge < -0.3 is 10.1 Å². The second kappa shape index (κ2) is 3.94. The van der Waals surface area contributed by atoms with Gasteiger partial charge in [0.2, 0.25) is 0 Å². The SMILES string of the molecule is CCC1CC1NCCOC. The van der Waals surface area contributed by atoms with Crippen LogP contribution < -0.4 is 5.32 Å². The Kier molecular flexibility index (Phi) is 3.16. The maximum Gasteiger partial charge on any atom is 0.0587 e. The van der Waals surface area contributed by atoms with E-state index in [0.29, 0.717) is 0 Å². The molecule has 0 aliphatic heterocycles. The molecule has 60 valence electrons. The van der Waals surface area contributed by atoms with Gasteiger partial charge in [0.05, 0.1) is 6.61 Å². The van der Waals surface area contributed by atoms with Gasteiger partial charge in [-0.15, -0.1) is 0 Å². The summed E-state index contributed by atoms with van der Waals surface area (Å²) in [5, 5.41) is 3.43. The molecule has 0 amide bonds. The van der Waals surface area contributed by atoms with Crippen molar-refractivity contribution in [2.45, 2.75) is 25.8 Å². The summed E-state index contributed by atoms with van der Waals surface area (Å²) in [5.41, 5.74) is 0. The summed E-state index contributed by atoms with van der Waals surface area (Å²) >= 11 is 0. The van der Waals surface area contributed by atoms with E-state index in [1.54, 1.807) is 7.11 Å². The number of hydrogen-bond donors (Lipinski definition) is 1. The van der Waals surface area contributed by atoms with Crippen LogP contribution in [0.4, 0.5) is 0 Å². The van der Waals surface area contributed by atoms with Crippen LogP contribution in [0.3, 0.4) is 0 Å². The fourth-order valence-corrected chi connectivity index (χ4v) is 1.30. The van der Waals surface area contributed by atoms with Gasteiger partial charge in [-0.3, -0.25) is 0 Å². The molecule has 1 saturated carbocycles. The molecule has 0 radical (unpaired) electrons. The summed E-state index contributed by atoms with van der Waals surface area (Å²) in [6, 6.07) is 0.806. The van der Waals surface area contributed by atoms with Crippen LogP contribution in [0.2, 0.25) is 0 Å². The number of hydrogen-bond acceptors (Lipinski definition) is 2. The van der Waals surface area contributed by atoms with Crippen molar-refractivity contribution in [3.05, 3.63) is 0 Å². The molecule has 1 aliphatic carbocycles. The van der Waals surface area contributed by atoms with Crippen molar-refractivity contribution in [3.8, 4) is 0 Å². The Hall–Kier alpha value is -0.0800. The lowest BCUT2D eigenvalue weighted by atomic mass is 10.3. The van der Waals surface area contributed by atoms with E-state index in [0.717, 1.165) is 25.1 Å². The molecule has 1 fully saturated rings. The predicted octanol–water partition coefficient (Wildman–Crippen LogP) is 1.02. The van der Waals surface area contributed by atoms with Crippen molar-refractivity contribution >= 4 is 0 Å². The molecule has 0 aromatic carbocycles. The van der Waals surface area contributed by atoms with Gasteiger partial charge in [0.25, 0.3) is 0 Å². The van der Waals surface area contributed by atoms with E-state index in [9.17, 15) is 0 Å². The third-order valence-corrected chi connectivity index (χ3v) is 2.16. The van der Waals surface area contributed by atoms with Crippen molar-refractivity contribution < 1.29 is 4.74 Å². The van der Waals surface area contributed by atoms with Crippen molar-refractivity contribution in [2.75, 3.05) is 20.3 Å². The van der Waals surface area contributed by atoms with Gasteiger partial charge in [0, 0.05) is 19.7 Å². The van der Waals surface area contributed by atoms with Gasteiger partial charge in [-0.25, -0.2) is 0 Å². The van der Waals surface area contributed by atoms with Gasteiger partial charge >= 0.3 is 0 Å². The molecule has 0 aromatic rings. The fourth-order valence-electron chi connectivity index (χ4n) is 1.30. The first kappa shape index (κ1) is 8.02. The Labute approximate surface area is 63.0 Å². The van der Waals surface area contributed by atoms with Crippen LogP contribution in [0.5, 0.6) is 0 Å². The van der Waals surface area contributed by atoms with Crippen LogP contribution >= 0.6 is 0 Å². The Balaban J connectivity index is 1.87. The summed E-state index contributed by atoms with van der Waals surface area (Å²) in [5.74, 6) is 0.955. The molecule has 10 heavy (non-hydrogen) atoms. The lowest BCUT2D eigenvalue weighted by Gasteiger charge is -2.00. The predicted molar refractivity (Wildman–Crippen MR) is 42.1 cm³/mol. The Morgan fingerprint density at radius 2 is 2.40 bits per heavy atom. The third-order valence-electron chi connectivity index (χ3n) is 2.16. The molecular weight excluding hydrogens is 126 g/mol. The number of rotatable bonds is 5. The summed E-state index contributed by atoms with van der Waals surface area (Å²) < 4.78 is 4.93. The van der Waals surface area contributed by atoms with Crippen LogP contribution in [0.25, 0.3) is 0 Å². The quantitative estimate of drug-likeness (QED) is 0.580. The van der Waals surface area contributed by atoms with Gasteiger partial charge in [0.1, 0.15) is 0 Å². The summed E-state index contributed by atoms with van der Waals surface area (Å²) in [6.07, 6.45) is 2.70. The minimum Gasteiger partial charge on any atom is -0.383 e. The minimum absolute atomic E-state index is 0.806. The second-order valence-corrected chi connectivity index (χ2v) is 2.96. The third kappa shape index (κ3) is 2.27. The highest BCUT2D eigenvalue weighted by Crippen LogP contribution is 2.32. The fraction of sp³-hybridized carbons (Fsp3) is 1.00. The normalized spacial score (nSPS) is 30.6. The Bertz CT molecular complexity index is 95.3. The first-order valence-corrected chi connectivity index (χ1v) is 4.10. The van der Waals surface area contributed by atoms with Gasteiger partial charge in [0.15, 0.2) is 0 Å². The maximum atomic E-state index is 4.93. The molecule has 2 unspecified atom stereocenters. The molecule has 0 spiro atoms. The van der Waals surface area contributed by atoms with Crippen molar-refractivity contribution in [3.63, 3.8) is 0 Å². The highest BCUT2D eigenvalue weighted by atomic mass is 16.5. The average molecular weight is 143 g/mol. The molecule has 1 rings (SSSR count). The highest BCUT2D eigenvalue weighted by Gasteiger charge is 2.34. The monoisotopic (exact) mass is 143 g/mol. The van der Waals surface area contributed by atoms with Crippen LogP contribution in [-0.2, 0) is 4.74 Å². The van der Waals surface area contributed by atoms with Gasteiger partial charge in [-0.05, 0) is 12.3 Å². The smallest absolute Gasteiger partial charge is 0.0587 e. The number of methoxy groups -OCH3 is 1. The van der Waals surface area contributed by atoms with E-state index >= 15 is 0 Å². The first-order valence-electron chi connectivity index (χ1n) is 4.10. The largest absolute Gasteiger partial charge is 0.383 e. The maximum absolute atomic E-state index is 4.93. The molecule has 0 bridgehead atoms. The molecule has 1 aliphatic rings. The first-order chi connectivity index (χ1) is 4.88. The van der Waals surface area contributed by atoms with Crippen molar-refractivity contribution in [1.82, 2.24) is 5.32 Å². The molecule has 2 heteroatoms. The number of ether oxygens (including phenoxy) is 1. The molecule has 0 aromatic heterocycles. The van der Waals surface area contributed by atoms with E-state index in [1.807, 2.05) is 0 Å². The zero-order valence-electron chi connectivity index (χ0n) is 6.89. The topological polar surface area (TPSA) is 21.3 Å². The lowest BCUT2D eigenvalue weighted by molar-refractivity contribution is 0.198. The molecule has 1 N–H and O–H groups in total. The molecule has 2 nitrogen and oxygen atoms in total. The van der Waals surface area contributed by atoms with Crippen LogP contribution in [0.1, 0.15) is 19.8 Å². The number of nitrogens with one attached hydrogen (secondary N) is 1. The van der Waals surface area contributed by atoms with Gasteiger partial charge in [-0.2, -0.15) is 0 Å². The summed E-state index contributed by atoms with van der Waals surface area (Å²) in [6.45, 7) is 4.10. The lowest BCUT2D eigenvalue weighted by Crippen LogP contribution is -2.22. The van der Waals surface area contributed by atoms with E-state index in [1.165, 1.54) is 12.8 Å². The van der Waals surface area contributed by atoms with Crippen molar-refractivity contribution in [1.29, 1.82) is 0 Å². The molecule has 0 saturated heterocycles. The van der Waals surface area contributed by atoms with E-state index < -0.39 is 0 Å². The van der Waals surface area contributed by atoms with Crippen LogP contribution in [0, 0.1) is 5.92 Å². The Morgan fingerprint density at radius 3 is 2.90 bits per heavy atom. The standard InChI is InChI=1S/C8H17NO/c1-3-7-6-8(7)9-4-5-10-2/h7-9H,3-6H2,1-2H3. The van der Waals surface area contributed by atoms with Crippen LogP contribution in [0.15, 0.2) is 0 Å². The second-order valence-electron chi connectivity index (χ2n) is 2.96. The van der Waals surface area contributed by atoms with Crippen molar-refractivity contribution in [2.24, 2.45) is 5.92 Å². The van der Waals surface area contributed by atoms with Gasteiger partial charge in [-0.1, -0.05) is 13.3 Å². The van der Waals surface area contributed by atoms with Crippen LogP contribution in [-0.4, -0.2) is 26.3 Å². The summed E-state index contributed by atoms with van der Waals surface area (Å²) in [7, 11) is 1.74. The van der Waals surface area contributed by atoms with E-state index in [4.69, 9.17) is 4.74 Å². The highest BCUT2D eigenvalue weighted by molar-refractivity contribution is 4.91. The molecular formula is C8H17NO. The zero-order valence-corrected chi connectivity index (χ0v) is 6.89. The van der Waals surface area contributed by atoms with E-state index in [2.05, 4.69) is 12.2 Å². The molecule has 2 atom stereocenters. The van der Waals surface area contributed by atoms with E-state index in [-0.39, 0.29) is 0 Å². The average Bonchev–Trinajstić information content (AvgIpc) is 2.68. The summed E-state index contributed by atoms with van der Waals surface area (Å²) in [4.78, 5) is 0. The zero-order chi connectivity index (χ0) is 7.40.